The van der Waals surface area contributed by atoms with E-state index in [1.54, 1.807) is 0 Å². The minimum Gasteiger partial charge on any atom is -0.377 e. The molecule has 1 saturated heterocycles. The van der Waals surface area contributed by atoms with E-state index in [1.165, 1.54) is 0 Å². The molecule has 1 atom stereocenters. The summed E-state index contributed by atoms with van der Waals surface area (Å²) >= 11 is 0. The van der Waals surface area contributed by atoms with Gasteiger partial charge >= 0.3 is 0 Å². The van der Waals surface area contributed by atoms with Gasteiger partial charge in [0.25, 0.3) is 0 Å². The summed E-state index contributed by atoms with van der Waals surface area (Å²) in [6.45, 7) is 7.80. The van der Waals surface area contributed by atoms with E-state index >= 15 is 0 Å². The van der Waals surface area contributed by atoms with E-state index in [4.69, 9.17) is 10.5 Å². The van der Waals surface area contributed by atoms with E-state index in [0.717, 1.165) is 0 Å². The van der Waals surface area contributed by atoms with Crippen molar-refractivity contribution in [2.75, 3.05) is 19.8 Å². The van der Waals surface area contributed by atoms with Crippen LogP contribution in [0.5, 0.6) is 0 Å². The van der Waals surface area contributed by atoms with Crippen molar-refractivity contribution in [2.24, 2.45) is 5.73 Å². The molecule has 82 valence electrons. The molecule has 1 rings (SSSR count). The van der Waals surface area contributed by atoms with Gasteiger partial charge in [-0.1, -0.05) is 6.92 Å². The van der Waals surface area contributed by atoms with E-state index in [9.17, 15) is 4.79 Å². The smallest absolute Gasteiger partial charge is 0.240 e. The fraction of sp³-hybridized carbons (Fsp3) is 0.900. The highest BCUT2D eigenvalue weighted by atomic mass is 16.5. The Labute approximate surface area is 85.4 Å². The summed E-state index contributed by atoms with van der Waals surface area (Å²) in [7, 11) is 0. The van der Waals surface area contributed by atoms with Crippen LogP contribution in [0.2, 0.25) is 0 Å². The largest absolute Gasteiger partial charge is 0.377 e. The normalized spacial score (nSPS) is 23.3. The Morgan fingerprint density at radius 3 is 2.79 bits per heavy atom. The van der Waals surface area contributed by atoms with E-state index in [2.05, 4.69) is 0 Å². The molecule has 1 aliphatic heterocycles. The Balaban J connectivity index is 2.69. The topological polar surface area (TPSA) is 55.6 Å². The van der Waals surface area contributed by atoms with Crippen LogP contribution in [0.1, 0.15) is 27.2 Å². The van der Waals surface area contributed by atoms with E-state index in [0.29, 0.717) is 26.2 Å². The third-order valence-corrected chi connectivity index (χ3v) is 2.67. The second-order valence-electron chi connectivity index (χ2n) is 4.37. The first-order chi connectivity index (χ1) is 6.49. The van der Waals surface area contributed by atoms with Gasteiger partial charge in [-0.3, -0.25) is 4.79 Å². The number of carbonyl (C=O) groups is 1. The third kappa shape index (κ3) is 2.25. The zero-order valence-electron chi connectivity index (χ0n) is 9.25. The lowest BCUT2D eigenvalue weighted by molar-refractivity contribution is -0.147. The van der Waals surface area contributed by atoms with Crippen LogP contribution >= 0.6 is 0 Å². The van der Waals surface area contributed by atoms with Gasteiger partial charge in [-0.2, -0.15) is 0 Å². The van der Waals surface area contributed by atoms with Gasteiger partial charge in [0.2, 0.25) is 5.91 Å². The first-order valence-corrected chi connectivity index (χ1v) is 5.14. The molecule has 1 heterocycles. The van der Waals surface area contributed by atoms with Gasteiger partial charge in [0.15, 0.2) is 0 Å². The van der Waals surface area contributed by atoms with Crippen LogP contribution in [0, 0.1) is 0 Å². The van der Waals surface area contributed by atoms with Crippen molar-refractivity contribution in [3.05, 3.63) is 0 Å². The van der Waals surface area contributed by atoms with E-state index in [-0.39, 0.29) is 17.5 Å². The molecular weight excluding hydrogens is 180 g/mol. The van der Waals surface area contributed by atoms with Crippen LogP contribution in [0.25, 0.3) is 0 Å². The second-order valence-corrected chi connectivity index (χ2v) is 4.37. The summed E-state index contributed by atoms with van der Waals surface area (Å²) in [5.74, 6) is 0.0424. The summed E-state index contributed by atoms with van der Waals surface area (Å²) in [6.07, 6.45) is 0.687. The van der Waals surface area contributed by atoms with Crippen LogP contribution in [0.15, 0.2) is 0 Å². The molecule has 1 amide bonds. The fourth-order valence-corrected chi connectivity index (χ4v) is 1.64. The molecule has 0 spiro atoms. The molecule has 4 nitrogen and oxygen atoms in total. The predicted molar refractivity (Wildman–Crippen MR) is 54.9 cm³/mol. The highest BCUT2D eigenvalue weighted by Gasteiger charge is 2.35. The maximum atomic E-state index is 11.9. The first-order valence-electron chi connectivity index (χ1n) is 5.14. The third-order valence-electron chi connectivity index (χ3n) is 2.67. The molecule has 0 unspecified atom stereocenters. The number of nitrogens with zero attached hydrogens (tertiary/aromatic N) is 1. The molecule has 1 fully saturated rings. The number of hydrogen-bond donors (Lipinski definition) is 1. The maximum Gasteiger partial charge on any atom is 0.240 e. The Bertz CT molecular complexity index is 216. The molecule has 14 heavy (non-hydrogen) atoms. The molecule has 4 heteroatoms. The first kappa shape index (κ1) is 11.5. The zero-order chi connectivity index (χ0) is 10.8. The minimum absolute atomic E-state index is 0.0424. The van der Waals surface area contributed by atoms with Gasteiger partial charge in [0, 0.05) is 6.54 Å². The molecule has 0 saturated carbocycles. The number of rotatable bonds is 2. The molecule has 2 N–H and O–H groups in total. The van der Waals surface area contributed by atoms with Crippen LogP contribution in [0.3, 0.4) is 0 Å². The van der Waals surface area contributed by atoms with Gasteiger partial charge in [0.1, 0.15) is 0 Å². The van der Waals surface area contributed by atoms with Crippen molar-refractivity contribution in [3.8, 4) is 0 Å². The number of ether oxygens (including phenoxy) is 1. The monoisotopic (exact) mass is 200 g/mol. The number of nitrogens with two attached hydrogens (primary N) is 1. The molecule has 1 aliphatic rings. The zero-order valence-corrected chi connectivity index (χ0v) is 9.25. The number of carbonyl (C=O) groups excluding carboxylic acids is 1. The quantitative estimate of drug-likeness (QED) is 0.700. The van der Waals surface area contributed by atoms with Crippen molar-refractivity contribution < 1.29 is 9.53 Å². The van der Waals surface area contributed by atoms with Gasteiger partial charge in [-0.25, -0.2) is 0 Å². The van der Waals surface area contributed by atoms with Crippen LogP contribution in [-0.2, 0) is 9.53 Å². The Morgan fingerprint density at radius 1 is 1.64 bits per heavy atom. The highest BCUT2D eigenvalue weighted by Crippen LogP contribution is 2.19. The molecule has 0 aromatic rings. The van der Waals surface area contributed by atoms with Crippen molar-refractivity contribution >= 4 is 5.91 Å². The number of morpholine rings is 1. The van der Waals surface area contributed by atoms with E-state index in [1.807, 2.05) is 25.7 Å². The van der Waals surface area contributed by atoms with Crippen LogP contribution in [-0.4, -0.2) is 42.1 Å². The summed E-state index contributed by atoms with van der Waals surface area (Å²) in [6, 6.07) is -0.368. The number of amides is 1. The van der Waals surface area contributed by atoms with Crippen molar-refractivity contribution in [1.29, 1.82) is 0 Å². The standard InChI is InChI=1S/C10H20N2O2/c1-4-8(11)9(13)12-5-6-14-7-10(12,2)3/h8H,4-7,11H2,1-3H3/t8-/m1/s1. The van der Waals surface area contributed by atoms with Gasteiger partial charge in [-0.05, 0) is 20.3 Å². The maximum absolute atomic E-state index is 11.9. The lowest BCUT2D eigenvalue weighted by Gasteiger charge is -2.43. The van der Waals surface area contributed by atoms with Crippen LogP contribution in [0.4, 0.5) is 0 Å². The molecule has 0 aromatic heterocycles. The summed E-state index contributed by atoms with van der Waals surface area (Å²) in [4.78, 5) is 13.7. The fourth-order valence-electron chi connectivity index (χ4n) is 1.64. The van der Waals surface area contributed by atoms with E-state index < -0.39 is 0 Å². The Hall–Kier alpha value is -0.610. The van der Waals surface area contributed by atoms with Crippen LogP contribution < -0.4 is 5.73 Å². The lowest BCUT2D eigenvalue weighted by atomic mass is 10.0. The Kier molecular flexibility index (Phi) is 3.50. The summed E-state index contributed by atoms with van der Waals surface area (Å²) < 4.78 is 5.34. The molecular formula is C10H20N2O2. The highest BCUT2D eigenvalue weighted by molar-refractivity contribution is 5.82. The average Bonchev–Trinajstić information content (AvgIpc) is 2.15. The predicted octanol–water partition coefficient (Wildman–Crippen LogP) is 0.361. The summed E-state index contributed by atoms with van der Waals surface area (Å²) in [5.41, 5.74) is 5.52. The Morgan fingerprint density at radius 2 is 2.29 bits per heavy atom. The number of hydrogen-bond acceptors (Lipinski definition) is 3. The van der Waals surface area contributed by atoms with Crippen molar-refractivity contribution in [2.45, 2.75) is 38.8 Å². The molecule has 0 aliphatic carbocycles. The van der Waals surface area contributed by atoms with Gasteiger partial charge in [0.05, 0.1) is 24.8 Å². The molecule has 0 aromatic carbocycles. The summed E-state index contributed by atoms with van der Waals surface area (Å²) in [5, 5.41) is 0. The average molecular weight is 200 g/mol. The van der Waals surface area contributed by atoms with Crippen molar-refractivity contribution in [1.82, 2.24) is 4.90 Å². The molecule has 0 radical (unpaired) electrons. The van der Waals surface area contributed by atoms with Gasteiger partial charge in [-0.15, -0.1) is 0 Å². The van der Waals surface area contributed by atoms with Gasteiger partial charge < -0.3 is 15.4 Å². The lowest BCUT2D eigenvalue weighted by Crippen LogP contribution is -2.59. The SMILES string of the molecule is CC[C@@H](N)C(=O)N1CCOCC1(C)C. The second kappa shape index (κ2) is 4.28. The van der Waals surface area contributed by atoms with Crippen molar-refractivity contribution in [3.63, 3.8) is 0 Å². The molecule has 0 bridgehead atoms. The minimum atomic E-state index is -0.368.